The third-order valence-corrected chi connectivity index (χ3v) is 5.09. The zero-order chi connectivity index (χ0) is 15.8. The number of esters is 1. The average Bonchev–Trinajstić information content (AvgIpc) is 2.78. The second-order valence-electron chi connectivity index (χ2n) is 5.17. The lowest BCUT2D eigenvalue weighted by molar-refractivity contribution is 0.0268. The molecule has 1 unspecified atom stereocenters. The van der Waals surface area contributed by atoms with E-state index in [2.05, 4.69) is 0 Å². The number of rotatable bonds is 3. The van der Waals surface area contributed by atoms with E-state index in [0.717, 1.165) is 0 Å². The number of aryl methyl sites for hydroxylation is 2. The molecule has 1 atom stereocenters. The molecule has 1 aromatic carbocycles. The summed E-state index contributed by atoms with van der Waals surface area (Å²) in [6.45, 7) is 5.89. The van der Waals surface area contributed by atoms with Crippen LogP contribution >= 0.6 is 10.7 Å². The van der Waals surface area contributed by atoms with E-state index in [1.807, 2.05) is 0 Å². The highest BCUT2D eigenvalue weighted by atomic mass is 35.7. The van der Waals surface area contributed by atoms with E-state index >= 15 is 0 Å². The minimum atomic E-state index is -3.92. The van der Waals surface area contributed by atoms with Gasteiger partial charge in [0.25, 0.3) is 9.05 Å². The van der Waals surface area contributed by atoms with Crippen LogP contribution in [0.5, 0.6) is 0 Å². The van der Waals surface area contributed by atoms with E-state index in [9.17, 15) is 13.2 Å². The first-order valence-corrected chi connectivity index (χ1v) is 8.87. The van der Waals surface area contributed by atoms with Gasteiger partial charge in [-0.3, -0.25) is 0 Å². The third kappa shape index (κ3) is 3.39. The van der Waals surface area contributed by atoms with Gasteiger partial charge in [-0.1, -0.05) is 6.07 Å². The molecular formula is C14H17ClO5S. The van der Waals surface area contributed by atoms with Crippen LogP contribution in [0.4, 0.5) is 0 Å². The van der Waals surface area contributed by atoms with E-state index in [1.165, 1.54) is 0 Å². The maximum atomic E-state index is 12.3. The zero-order valence-corrected chi connectivity index (χ0v) is 13.7. The Hall–Kier alpha value is -1.11. The molecule has 0 spiro atoms. The van der Waals surface area contributed by atoms with Gasteiger partial charge in [0.2, 0.25) is 0 Å². The lowest BCUT2D eigenvalue weighted by Crippen LogP contribution is -2.20. The first kappa shape index (κ1) is 16.3. The molecule has 21 heavy (non-hydrogen) atoms. The van der Waals surface area contributed by atoms with Crippen molar-refractivity contribution in [1.82, 2.24) is 0 Å². The molecule has 0 saturated carbocycles. The van der Waals surface area contributed by atoms with Crippen molar-refractivity contribution in [3.63, 3.8) is 0 Å². The molecule has 1 saturated heterocycles. The maximum Gasteiger partial charge on any atom is 0.339 e. The molecule has 0 aromatic heterocycles. The van der Waals surface area contributed by atoms with E-state index in [0.29, 0.717) is 36.3 Å². The quantitative estimate of drug-likeness (QED) is 0.628. The Kier molecular flexibility index (Phi) is 4.60. The Balaban J connectivity index is 2.45. The molecule has 2 rings (SSSR count). The number of carbonyl (C=O) groups excluding carboxylic acids is 1. The van der Waals surface area contributed by atoms with Gasteiger partial charge in [0.1, 0.15) is 6.10 Å². The molecule has 1 aromatic rings. The van der Waals surface area contributed by atoms with Crippen LogP contribution in [0.1, 0.15) is 33.5 Å². The van der Waals surface area contributed by atoms with Gasteiger partial charge in [-0.05, 0) is 37.5 Å². The van der Waals surface area contributed by atoms with Gasteiger partial charge < -0.3 is 9.47 Å². The van der Waals surface area contributed by atoms with Crippen LogP contribution < -0.4 is 0 Å². The SMILES string of the molecule is Cc1cc(C)c(S(=O)(=O)Cl)c(C)c1C(=O)OC1CCOC1. The van der Waals surface area contributed by atoms with Crippen LogP contribution in [0, 0.1) is 20.8 Å². The van der Waals surface area contributed by atoms with Crippen LogP contribution in [0.3, 0.4) is 0 Å². The predicted octanol–water partition coefficient (Wildman–Crippen LogP) is 2.49. The summed E-state index contributed by atoms with van der Waals surface area (Å²) in [5.74, 6) is -0.540. The molecule has 0 N–H and O–H groups in total. The number of hydrogen-bond donors (Lipinski definition) is 0. The molecule has 0 amide bonds. The first-order valence-electron chi connectivity index (χ1n) is 6.56. The predicted molar refractivity (Wildman–Crippen MR) is 78.3 cm³/mol. The van der Waals surface area contributed by atoms with Crippen molar-refractivity contribution in [3.8, 4) is 0 Å². The maximum absolute atomic E-state index is 12.3. The monoisotopic (exact) mass is 332 g/mol. The number of hydrogen-bond acceptors (Lipinski definition) is 5. The summed E-state index contributed by atoms with van der Waals surface area (Å²) < 4.78 is 33.9. The fraction of sp³-hybridized carbons (Fsp3) is 0.500. The van der Waals surface area contributed by atoms with Gasteiger partial charge in [-0.2, -0.15) is 0 Å². The van der Waals surface area contributed by atoms with E-state index < -0.39 is 15.0 Å². The second-order valence-corrected chi connectivity index (χ2v) is 7.67. The summed E-state index contributed by atoms with van der Waals surface area (Å²) in [5.41, 5.74) is 1.76. The van der Waals surface area contributed by atoms with Gasteiger partial charge >= 0.3 is 5.97 Å². The summed E-state index contributed by atoms with van der Waals surface area (Å²) >= 11 is 0. The number of ether oxygens (including phenoxy) is 2. The molecule has 1 aliphatic heterocycles. The second kappa shape index (κ2) is 5.94. The van der Waals surface area contributed by atoms with E-state index in [4.69, 9.17) is 20.2 Å². The van der Waals surface area contributed by atoms with Gasteiger partial charge in [-0.25, -0.2) is 13.2 Å². The zero-order valence-electron chi connectivity index (χ0n) is 12.1. The van der Waals surface area contributed by atoms with Crippen molar-refractivity contribution in [3.05, 3.63) is 28.3 Å². The summed E-state index contributed by atoms with van der Waals surface area (Å²) in [7, 11) is 1.54. The van der Waals surface area contributed by atoms with Crippen molar-refractivity contribution in [2.75, 3.05) is 13.2 Å². The van der Waals surface area contributed by atoms with Crippen molar-refractivity contribution >= 4 is 25.7 Å². The summed E-state index contributed by atoms with van der Waals surface area (Å²) in [5, 5.41) is 0. The van der Waals surface area contributed by atoms with E-state index in [-0.39, 0.29) is 16.6 Å². The van der Waals surface area contributed by atoms with Crippen LogP contribution in [0.25, 0.3) is 0 Å². The highest BCUT2D eigenvalue weighted by Crippen LogP contribution is 2.29. The van der Waals surface area contributed by atoms with Crippen molar-refractivity contribution in [1.29, 1.82) is 0 Å². The van der Waals surface area contributed by atoms with Crippen LogP contribution in [0.2, 0.25) is 0 Å². The van der Waals surface area contributed by atoms with Crippen molar-refractivity contribution in [2.24, 2.45) is 0 Å². The molecule has 1 heterocycles. The average molecular weight is 333 g/mol. The number of halogens is 1. The van der Waals surface area contributed by atoms with Crippen LogP contribution in [-0.2, 0) is 18.5 Å². The molecule has 0 aliphatic carbocycles. The normalized spacial score (nSPS) is 18.8. The largest absolute Gasteiger partial charge is 0.456 e. The molecule has 1 aliphatic rings. The Morgan fingerprint density at radius 2 is 2.00 bits per heavy atom. The third-order valence-electron chi connectivity index (χ3n) is 3.51. The topological polar surface area (TPSA) is 69.7 Å². The molecule has 0 bridgehead atoms. The fourth-order valence-electron chi connectivity index (χ4n) is 2.67. The molecule has 5 nitrogen and oxygen atoms in total. The molecule has 7 heteroatoms. The minimum Gasteiger partial charge on any atom is -0.456 e. The highest BCUT2D eigenvalue weighted by molar-refractivity contribution is 8.13. The lowest BCUT2D eigenvalue weighted by Gasteiger charge is -2.16. The van der Waals surface area contributed by atoms with E-state index in [1.54, 1.807) is 26.8 Å². The molecule has 0 radical (unpaired) electrons. The minimum absolute atomic E-state index is 0.0237. The summed E-state index contributed by atoms with van der Waals surface area (Å²) in [6.07, 6.45) is 0.366. The smallest absolute Gasteiger partial charge is 0.339 e. The number of benzene rings is 1. The molecular weight excluding hydrogens is 316 g/mol. The standard InChI is InChI=1S/C14H17ClO5S/c1-8-6-9(2)13(21(15,17)18)10(3)12(8)14(16)20-11-4-5-19-7-11/h6,11H,4-5,7H2,1-3H3. The molecule has 116 valence electrons. The first-order chi connectivity index (χ1) is 9.71. The fourth-order valence-corrected chi connectivity index (χ4v) is 4.30. The van der Waals surface area contributed by atoms with Gasteiger partial charge in [0.15, 0.2) is 0 Å². The highest BCUT2D eigenvalue weighted by Gasteiger charge is 2.27. The number of carbonyl (C=O) groups is 1. The Morgan fingerprint density at radius 1 is 1.33 bits per heavy atom. The van der Waals surface area contributed by atoms with Gasteiger partial charge in [0.05, 0.1) is 23.7 Å². The lowest BCUT2D eigenvalue weighted by atomic mass is 9.99. The van der Waals surface area contributed by atoms with Crippen LogP contribution in [-0.4, -0.2) is 33.7 Å². The van der Waals surface area contributed by atoms with Crippen LogP contribution in [0.15, 0.2) is 11.0 Å². The van der Waals surface area contributed by atoms with Crippen molar-refractivity contribution in [2.45, 2.75) is 38.2 Å². The summed E-state index contributed by atoms with van der Waals surface area (Å²) in [4.78, 5) is 12.3. The Labute approximate surface area is 128 Å². The van der Waals surface area contributed by atoms with Crippen molar-refractivity contribution < 1.29 is 22.7 Å². The summed E-state index contributed by atoms with van der Waals surface area (Å²) in [6, 6.07) is 1.63. The van der Waals surface area contributed by atoms with Gasteiger partial charge in [-0.15, -0.1) is 0 Å². The van der Waals surface area contributed by atoms with Gasteiger partial charge in [0, 0.05) is 17.1 Å². The molecule has 1 fully saturated rings. The Bertz CT molecular complexity index is 675. The Morgan fingerprint density at radius 3 is 2.52 bits per heavy atom.